The first-order valence-corrected chi connectivity index (χ1v) is 12.2. The second-order valence-electron chi connectivity index (χ2n) is 8.80. The number of ether oxygens (including phenoxy) is 1. The summed E-state index contributed by atoms with van der Waals surface area (Å²) >= 11 is 0. The van der Waals surface area contributed by atoms with E-state index in [1.54, 1.807) is 18.2 Å². The van der Waals surface area contributed by atoms with Gasteiger partial charge in [-0.15, -0.1) is 0 Å². The first-order valence-electron chi connectivity index (χ1n) is 12.2. The third-order valence-electron chi connectivity index (χ3n) is 6.29. The summed E-state index contributed by atoms with van der Waals surface area (Å²) in [4.78, 5) is 50.5. The largest absolute Gasteiger partial charge is 0.493 e. The molecule has 0 aromatic heterocycles. The van der Waals surface area contributed by atoms with Crippen LogP contribution in [0.25, 0.3) is 0 Å². The first-order chi connectivity index (χ1) is 16.0. The van der Waals surface area contributed by atoms with Crippen molar-refractivity contribution in [2.75, 3.05) is 13.2 Å². The van der Waals surface area contributed by atoms with Gasteiger partial charge in [0.05, 0.1) is 17.7 Å². The normalized spacial score (nSPS) is 18.0. The van der Waals surface area contributed by atoms with Crippen LogP contribution < -0.4 is 15.8 Å². The predicted molar refractivity (Wildman–Crippen MR) is 124 cm³/mol. The van der Waals surface area contributed by atoms with Gasteiger partial charge in [0, 0.05) is 6.42 Å². The summed E-state index contributed by atoms with van der Waals surface area (Å²) in [6, 6.07) is 3.97. The Morgan fingerprint density at radius 2 is 1.52 bits per heavy atom. The third kappa shape index (κ3) is 6.41. The topological polar surface area (TPSA) is 119 Å². The van der Waals surface area contributed by atoms with Crippen LogP contribution in [-0.4, -0.2) is 47.7 Å². The molecule has 1 aromatic rings. The molecule has 180 valence electrons. The van der Waals surface area contributed by atoms with Crippen LogP contribution in [0.2, 0.25) is 0 Å². The quantitative estimate of drug-likeness (QED) is 0.327. The molecule has 2 aliphatic rings. The summed E-state index contributed by atoms with van der Waals surface area (Å²) in [5, 5.41) is 2.21. The zero-order valence-corrected chi connectivity index (χ0v) is 19.3. The van der Waals surface area contributed by atoms with Gasteiger partial charge in [-0.2, -0.15) is 0 Å². The van der Waals surface area contributed by atoms with Gasteiger partial charge >= 0.3 is 0 Å². The van der Waals surface area contributed by atoms with E-state index in [2.05, 4.69) is 5.32 Å². The Kier molecular flexibility index (Phi) is 9.42. The van der Waals surface area contributed by atoms with E-state index in [1.165, 1.54) is 38.5 Å². The van der Waals surface area contributed by atoms with Gasteiger partial charge in [0.15, 0.2) is 0 Å². The van der Waals surface area contributed by atoms with Crippen LogP contribution in [0, 0.1) is 0 Å². The lowest BCUT2D eigenvalue weighted by molar-refractivity contribution is -0.136. The standard InChI is InChI=1S/C25H35N3O5/c26-16-9-7-5-3-1-2-4-6-8-10-17-33-20-13-11-12-18-22(20)25(32)28(24(18)31)19-14-15-21(29)27-23(19)30/h11-13,19H,1-10,14-17,26H2,(H,27,29,30). The average Bonchev–Trinajstić information content (AvgIpc) is 3.05. The molecule has 4 amide bonds. The number of unbranched alkanes of at least 4 members (excludes halogenated alkanes) is 9. The maximum absolute atomic E-state index is 13.0. The van der Waals surface area contributed by atoms with Crippen LogP contribution in [0.4, 0.5) is 0 Å². The first kappa shape index (κ1) is 24.9. The number of piperidine rings is 1. The molecule has 3 rings (SSSR count). The SMILES string of the molecule is NCCCCCCCCCCCCOc1cccc2c1C(=O)N(C1CCC(=O)NC1=O)C2=O. The van der Waals surface area contributed by atoms with Crippen molar-refractivity contribution in [3.63, 3.8) is 0 Å². The minimum atomic E-state index is -0.969. The summed E-state index contributed by atoms with van der Waals surface area (Å²) in [6.45, 7) is 1.26. The van der Waals surface area contributed by atoms with Crippen LogP contribution in [0.3, 0.4) is 0 Å². The Morgan fingerprint density at radius 1 is 0.879 bits per heavy atom. The van der Waals surface area contributed by atoms with Gasteiger partial charge in [-0.05, 0) is 37.9 Å². The summed E-state index contributed by atoms with van der Waals surface area (Å²) < 4.78 is 5.87. The molecule has 2 aliphatic heterocycles. The highest BCUT2D eigenvalue weighted by atomic mass is 16.5. The van der Waals surface area contributed by atoms with Crippen LogP contribution in [0.15, 0.2) is 18.2 Å². The Morgan fingerprint density at radius 3 is 2.15 bits per heavy atom. The maximum Gasteiger partial charge on any atom is 0.266 e. The van der Waals surface area contributed by atoms with E-state index in [1.807, 2.05) is 0 Å². The minimum Gasteiger partial charge on any atom is -0.493 e. The highest BCUT2D eigenvalue weighted by molar-refractivity contribution is 6.24. The lowest BCUT2D eigenvalue weighted by Crippen LogP contribution is -2.54. The smallest absolute Gasteiger partial charge is 0.266 e. The molecule has 1 fully saturated rings. The molecular weight excluding hydrogens is 422 g/mol. The highest BCUT2D eigenvalue weighted by Crippen LogP contribution is 2.33. The van der Waals surface area contributed by atoms with Gasteiger partial charge in [-0.1, -0.05) is 57.4 Å². The molecule has 3 N–H and O–H groups in total. The van der Waals surface area contributed by atoms with E-state index in [0.717, 1.165) is 37.1 Å². The lowest BCUT2D eigenvalue weighted by atomic mass is 10.0. The number of rotatable bonds is 14. The van der Waals surface area contributed by atoms with E-state index < -0.39 is 23.8 Å². The number of nitrogens with one attached hydrogen (secondary N) is 1. The molecule has 1 atom stereocenters. The van der Waals surface area contributed by atoms with E-state index in [0.29, 0.717) is 12.4 Å². The number of carbonyl (C=O) groups excluding carboxylic acids is 4. The Balaban J connectivity index is 1.43. The Hall–Kier alpha value is -2.74. The number of hydrogen-bond donors (Lipinski definition) is 2. The highest BCUT2D eigenvalue weighted by Gasteiger charge is 2.45. The monoisotopic (exact) mass is 457 g/mol. The molecule has 1 unspecified atom stereocenters. The summed E-state index contributed by atoms with van der Waals surface area (Å²) in [7, 11) is 0. The second kappa shape index (κ2) is 12.5. The van der Waals surface area contributed by atoms with Crippen molar-refractivity contribution in [3.8, 4) is 5.75 Å². The molecule has 0 saturated carbocycles. The second-order valence-corrected chi connectivity index (χ2v) is 8.80. The predicted octanol–water partition coefficient (Wildman–Crippen LogP) is 3.33. The summed E-state index contributed by atoms with van der Waals surface area (Å²) in [6.07, 6.45) is 12.0. The van der Waals surface area contributed by atoms with Crippen molar-refractivity contribution in [1.82, 2.24) is 10.2 Å². The average molecular weight is 458 g/mol. The molecule has 0 spiro atoms. The molecule has 33 heavy (non-hydrogen) atoms. The molecular formula is C25H35N3O5. The molecule has 8 heteroatoms. The number of carbonyl (C=O) groups is 4. The van der Waals surface area contributed by atoms with Crippen LogP contribution in [0.1, 0.15) is 97.8 Å². The minimum absolute atomic E-state index is 0.0987. The van der Waals surface area contributed by atoms with Gasteiger partial charge < -0.3 is 10.5 Å². The van der Waals surface area contributed by atoms with Crippen molar-refractivity contribution in [2.24, 2.45) is 5.73 Å². The maximum atomic E-state index is 13.0. The zero-order valence-electron chi connectivity index (χ0n) is 19.3. The van der Waals surface area contributed by atoms with Crippen LogP contribution >= 0.6 is 0 Å². The van der Waals surface area contributed by atoms with E-state index in [-0.39, 0.29) is 29.9 Å². The van der Waals surface area contributed by atoms with Crippen LogP contribution in [0.5, 0.6) is 5.75 Å². The zero-order chi connectivity index (χ0) is 23.6. The van der Waals surface area contributed by atoms with Crippen molar-refractivity contribution in [1.29, 1.82) is 0 Å². The molecule has 0 bridgehead atoms. The molecule has 1 saturated heterocycles. The van der Waals surface area contributed by atoms with Gasteiger partial charge in [0.1, 0.15) is 11.8 Å². The number of fused-ring (bicyclic) bond motifs is 1. The fourth-order valence-corrected chi connectivity index (χ4v) is 4.45. The summed E-state index contributed by atoms with van der Waals surface area (Å²) in [5.41, 5.74) is 5.96. The van der Waals surface area contributed by atoms with Gasteiger partial charge in [-0.25, -0.2) is 0 Å². The Labute approximate surface area is 195 Å². The number of nitrogens with zero attached hydrogens (tertiary/aromatic N) is 1. The van der Waals surface area contributed by atoms with E-state index in [4.69, 9.17) is 10.5 Å². The van der Waals surface area contributed by atoms with Gasteiger partial charge in [0.2, 0.25) is 11.8 Å². The van der Waals surface area contributed by atoms with Crippen molar-refractivity contribution >= 4 is 23.6 Å². The van der Waals surface area contributed by atoms with Gasteiger partial charge in [-0.3, -0.25) is 29.4 Å². The third-order valence-corrected chi connectivity index (χ3v) is 6.29. The molecule has 1 aromatic carbocycles. The van der Waals surface area contributed by atoms with Crippen molar-refractivity contribution in [2.45, 2.75) is 83.1 Å². The number of hydrogen-bond acceptors (Lipinski definition) is 6. The van der Waals surface area contributed by atoms with Crippen LogP contribution in [-0.2, 0) is 9.59 Å². The van der Waals surface area contributed by atoms with Crippen molar-refractivity contribution < 1.29 is 23.9 Å². The number of nitrogens with two attached hydrogens (primary N) is 1. The van der Waals surface area contributed by atoms with E-state index in [9.17, 15) is 19.2 Å². The molecule has 0 aliphatic carbocycles. The summed E-state index contributed by atoms with van der Waals surface area (Å²) in [5.74, 6) is -1.68. The fourth-order valence-electron chi connectivity index (χ4n) is 4.45. The number of benzene rings is 1. The van der Waals surface area contributed by atoms with E-state index >= 15 is 0 Å². The lowest BCUT2D eigenvalue weighted by Gasteiger charge is -2.27. The fraction of sp³-hybridized carbons (Fsp3) is 0.600. The van der Waals surface area contributed by atoms with Gasteiger partial charge in [0.25, 0.3) is 11.8 Å². The molecule has 8 nitrogen and oxygen atoms in total. The molecule has 2 heterocycles. The molecule has 0 radical (unpaired) electrons. The van der Waals surface area contributed by atoms with Crippen molar-refractivity contribution in [3.05, 3.63) is 29.3 Å². The Bertz CT molecular complexity index is 870. The number of imide groups is 2. The number of amides is 4.